The molecule has 6 aromatic rings. The van der Waals surface area contributed by atoms with E-state index in [1.807, 2.05) is 36.4 Å². The number of rotatable bonds is 38. The minimum atomic E-state index is -1.28. The molecule has 27 heteroatoms. The van der Waals surface area contributed by atoms with Crippen LogP contribution in [0.5, 0.6) is 5.88 Å². The van der Waals surface area contributed by atoms with Gasteiger partial charge in [0.05, 0.1) is 88.7 Å². The number of carbonyl (C=O) groups excluding carboxylic acids is 3. The van der Waals surface area contributed by atoms with Gasteiger partial charge in [-0.05, 0) is 78.9 Å². The van der Waals surface area contributed by atoms with Crippen molar-refractivity contribution in [1.29, 1.82) is 0 Å². The molecule has 0 radical (unpaired) electrons. The summed E-state index contributed by atoms with van der Waals surface area (Å²) < 4.78 is 29.8. The van der Waals surface area contributed by atoms with E-state index in [0.29, 0.717) is 119 Å². The number of carboxylic acid groups (broad SMARTS) is 2. The molecule has 27 nitrogen and oxygen atoms in total. The Morgan fingerprint density at radius 1 is 0.696 bits per heavy atom. The first-order valence-electron chi connectivity index (χ1n) is 25.6. The number of benzene rings is 3. The van der Waals surface area contributed by atoms with E-state index in [2.05, 4.69) is 61.7 Å². The van der Waals surface area contributed by atoms with Gasteiger partial charge in [0.1, 0.15) is 12.6 Å². The number of aliphatic carboxylic acids is 2. The first-order chi connectivity index (χ1) is 38.4. The highest BCUT2D eigenvalue weighted by Crippen LogP contribution is 2.24. The van der Waals surface area contributed by atoms with Crippen LogP contribution in [0, 0.1) is 5.92 Å². The Morgan fingerprint density at radius 2 is 1.33 bits per heavy atom. The number of amides is 3. The molecule has 0 saturated carbocycles. The summed E-state index contributed by atoms with van der Waals surface area (Å²) >= 11 is 0. The minimum absolute atomic E-state index is 0.0634. The molecule has 3 amide bonds. The zero-order valence-corrected chi connectivity index (χ0v) is 43.6. The van der Waals surface area contributed by atoms with Crippen LogP contribution in [-0.4, -0.2) is 147 Å². The first kappa shape index (κ1) is 59.7. The molecule has 3 aromatic carbocycles. The third-order valence-electron chi connectivity index (χ3n) is 11.6. The summed E-state index contributed by atoms with van der Waals surface area (Å²) in [6.07, 6.45) is 4.50. The van der Waals surface area contributed by atoms with E-state index >= 15 is 0 Å². The van der Waals surface area contributed by atoms with Crippen LogP contribution < -0.4 is 37.5 Å². The topological polar surface area (TPSA) is 382 Å². The first-order valence-corrected chi connectivity index (χ1v) is 25.6. The van der Waals surface area contributed by atoms with Crippen molar-refractivity contribution in [1.82, 2.24) is 45.6 Å². The van der Waals surface area contributed by atoms with Crippen LogP contribution >= 0.6 is 0 Å². The van der Waals surface area contributed by atoms with Crippen LogP contribution in [0.4, 0.5) is 28.7 Å². The van der Waals surface area contributed by atoms with Crippen molar-refractivity contribution in [3.63, 3.8) is 0 Å². The number of fused-ring (bicyclic) bond motifs is 1. The number of hydrogen-bond donors (Lipinski definition) is 9. The van der Waals surface area contributed by atoms with Gasteiger partial charge in [-0.3, -0.25) is 24.0 Å². The fraction of sp³-hybridized carbons (Fsp3) is 0.423. The summed E-state index contributed by atoms with van der Waals surface area (Å²) in [5.74, 6) is -3.50. The van der Waals surface area contributed by atoms with E-state index in [1.54, 1.807) is 47.3 Å². The number of ether oxygens (including phenoxy) is 5. The number of imidazole rings is 1. The van der Waals surface area contributed by atoms with Crippen molar-refractivity contribution in [2.75, 3.05) is 82.3 Å². The molecule has 0 aliphatic rings. The third kappa shape index (κ3) is 22.6. The van der Waals surface area contributed by atoms with Gasteiger partial charge in [-0.25, -0.2) is 9.67 Å². The quantitative estimate of drug-likeness (QED) is 0.0195. The maximum absolute atomic E-state index is 12.5. The van der Waals surface area contributed by atoms with E-state index < -0.39 is 23.9 Å². The van der Waals surface area contributed by atoms with Gasteiger partial charge in [0, 0.05) is 62.9 Å². The van der Waals surface area contributed by atoms with Gasteiger partial charge in [0.15, 0.2) is 11.2 Å². The number of nitrogen functional groups attached to an aromatic ring is 1. The Balaban J connectivity index is 0.689. The molecule has 3 heterocycles. The smallest absolute Gasteiger partial charge is 0.320 e. The van der Waals surface area contributed by atoms with Crippen molar-refractivity contribution in [2.45, 2.75) is 70.7 Å². The number of H-pyrrole nitrogens is 1. The Labute approximate surface area is 454 Å². The summed E-state index contributed by atoms with van der Waals surface area (Å²) in [7, 11) is 0. The average molecular weight is 1090 g/mol. The number of aromatic amines is 1. The zero-order valence-electron chi connectivity index (χ0n) is 43.6. The van der Waals surface area contributed by atoms with Gasteiger partial charge in [-0.1, -0.05) is 29.5 Å². The number of carbonyl (C=O) groups is 5. The van der Waals surface area contributed by atoms with E-state index in [4.69, 9.17) is 40.3 Å². The molecule has 6 rings (SSSR count). The lowest BCUT2D eigenvalue weighted by Crippen LogP contribution is -2.34. The average Bonchev–Trinajstić information content (AvgIpc) is 4.15. The van der Waals surface area contributed by atoms with Crippen LogP contribution in [-0.2, 0) is 69.0 Å². The van der Waals surface area contributed by atoms with Crippen molar-refractivity contribution < 1.29 is 57.9 Å². The van der Waals surface area contributed by atoms with Gasteiger partial charge in [-0.15, -0.1) is 5.10 Å². The van der Waals surface area contributed by atoms with Crippen LogP contribution in [0.2, 0.25) is 0 Å². The normalized spacial score (nSPS) is 12.1. The summed E-state index contributed by atoms with van der Waals surface area (Å²) in [4.78, 5) is 74.8. The highest BCUT2D eigenvalue weighted by atomic mass is 16.6. The molecule has 11 N–H and O–H groups in total. The van der Waals surface area contributed by atoms with Gasteiger partial charge in [0.2, 0.25) is 29.5 Å². The molecule has 0 aliphatic carbocycles. The molecule has 0 bridgehead atoms. The number of nitrogens with two attached hydrogens (primary N) is 2. The van der Waals surface area contributed by atoms with Crippen molar-refractivity contribution in [2.24, 2.45) is 21.9 Å². The number of carboxylic acids is 2. The molecule has 79 heavy (non-hydrogen) atoms. The number of nitrogens with one attached hydrogen (secondary N) is 5. The van der Waals surface area contributed by atoms with Crippen molar-refractivity contribution in [3.05, 3.63) is 102 Å². The molecule has 0 fully saturated rings. The molecule has 0 spiro atoms. The fourth-order valence-corrected chi connectivity index (χ4v) is 7.36. The van der Waals surface area contributed by atoms with Crippen molar-refractivity contribution in [3.8, 4) is 5.88 Å². The van der Waals surface area contributed by atoms with Gasteiger partial charge >= 0.3 is 11.9 Å². The predicted octanol–water partition coefficient (Wildman–Crippen LogP) is 4.07. The predicted molar refractivity (Wildman–Crippen MR) is 287 cm³/mol. The summed E-state index contributed by atoms with van der Waals surface area (Å²) in [6, 6.07) is 20.4. The molecule has 0 aliphatic heterocycles. The van der Waals surface area contributed by atoms with Crippen LogP contribution in [0.15, 0.2) is 95.5 Å². The molecule has 0 saturated heterocycles. The Kier molecular flexibility index (Phi) is 24.9. The highest BCUT2D eigenvalue weighted by molar-refractivity contribution is 5.90. The maximum atomic E-state index is 12.5. The van der Waals surface area contributed by atoms with E-state index in [-0.39, 0.29) is 75.4 Å². The Hall–Kier alpha value is -8.50. The standard InChI is InChI=1S/C52H67N15O12/c53-43(51(73)74)30-37(50(71)72)2-1-3-46(70)60-39-10-14-41(15-11-39)64-63-40-12-8-38(9-13-40)55-19-20-56-45(69)18-22-75-24-26-77-28-29-78-27-25-76-23-21-67-32-42(65-66-67)16-17-44(68)57-31-35-4-6-36(7-5-35)33-79-49-47-48(59-34-58-47)61-52(54)62-49/h4-15,32,34,37,43,55H,1-3,16-31,33,53H2,(H,56,69)(H,57,68)(H,60,70)(H,71,72)(H,73,74)(H3,54,58,59,61,62)/b64-63+/t37-,43-/m0/s1. The molecule has 2 atom stereocenters. The number of aromatic nitrogens is 7. The molecule has 422 valence electrons. The van der Waals surface area contributed by atoms with Gasteiger partial charge < -0.3 is 71.6 Å². The SMILES string of the molecule is Nc1nc(OCc2ccc(CNC(=O)CCc3cn(CCOCCOCCOCCOCCC(=O)NCCNc4ccc(/N=N/c5ccc(NC(=O)CCC[C@@H](C[C@H](N)C(=O)O)C(=O)O)cc5)cc4)nn3)cc2)c2nc[nH]c2n1. The van der Waals surface area contributed by atoms with E-state index in [9.17, 15) is 29.1 Å². The van der Waals surface area contributed by atoms with Crippen molar-refractivity contribution >= 4 is 69.5 Å². The van der Waals surface area contributed by atoms with Crippen LogP contribution in [0.25, 0.3) is 11.2 Å². The summed E-state index contributed by atoms with van der Waals surface area (Å²) in [5.41, 5.74) is 17.4. The lowest BCUT2D eigenvalue weighted by molar-refractivity contribution is -0.144. The second kappa shape index (κ2) is 32.9. The minimum Gasteiger partial charge on any atom is -0.481 e. The Morgan fingerprint density at radius 3 is 2.00 bits per heavy atom. The third-order valence-corrected chi connectivity index (χ3v) is 11.6. The Bertz CT molecular complexity index is 2870. The molecule has 3 aromatic heterocycles. The van der Waals surface area contributed by atoms with Gasteiger partial charge in [-0.2, -0.15) is 20.2 Å². The number of nitrogens with zero attached hydrogens (tertiary/aromatic N) is 8. The number of aryl methyl sites for hydroxylation is 1. The fourth-order valence-electron chi connectivity index (χ4n) is 7.36. The lowest BCUT2D eigenvalue weighted by atomic mass is 9.94. The van der Waals surface area contributed by atoms with Gasteiger partial charge in [0.25, 0.3) is 0 Å². The maximum Gasteiger partial charge on any atom is 0.320 e. The second-order valence-electron chi connectivity index (χ2n) is 17.8. The largest absolute Gasteiger partial charge is 0.481 e. The number of azo groups is 1. The van der Waals surface area contributed by atoms with E-state index in [0.717, 1.165) is 16.8 Å². The summed E-state index contributed by atoms with van der Waals surface area (Å²) in [5, 5.41) is 46.8. The van der Waals surface area contributed by atoms with Crippen LogP contribution in [0.3, 0.4) is 0 Å². The molecular weight excluding hydrogens is 1030 g/mol. The highest BCUT2D eigenvalue weighted by Gasteiger charge is 2.24. The van der Waals surface area contributed by atoms with E-state index in [1.165, 1.54) is 6.33 Å². The second-order valence-corrected chi connectivity index (χ2v) is 17.8. The molecule has 0 unspecified atom stereocenters. The monoisotopic (exact) mass is 1090 g/mol. The lowest BCUT2D eigenvalue weighted by Gasteiger charge is -2.14. The number of anilines is 3. The van der Waals surface area contributed by atoms with Crippen LogP contribution in [0.1, 0.15) is 55.3 Å². The number of hydrogen-bond acceptors (Lipinski definition) is 20. The zero-order chi connectivity index (χ0) is 56.0. The summed E-state index contributed by atoms with van der Waals surface area (Å²) in [6.45, 7) is 5.13. The molecular formula is C52H67N15O12.